The lowest BCUT2D eigenvalue weighted by molar-refractivity contribution is -0.140. The lowest BCUT2D eigenvalue weighted by Crippen LogP contribution is -2.42. The standard InChI is InChI=1S/C26H24N2O8/c29-19-9-1-15(2-10-19)13-21(25(33)34)27-23(31)17-5-7-18(8-6-17)24(32)28-22(26(35)36)14-16-3-11-20(30)12-4-16/h1-12,21-22,29-30H,13-14H2,(H,27,31)(H,28,32)(H,33,34)(H,35,36)/t21-,22+. The number of aliphatic carboxylic acids is 2. The van der Waals surface area contributed by atoms with E-state index < -0.39 is 35.8 Å². The van der Waals surface area contributed by atoms with Gasteiger partial charge in [0.05, 0.1) is 0 Å². The van der Waals surface area contributed by atoms with Gasteiger partial charge in [-0.25, -0.2) is 9.59 Å². The van der Waals surface area contributed by atoms with Crippen LogP contribution in [0.25, 0.3) is 0 Å². The Bertz CT molecular complexity index is 1140. The number of rotatable bonds is 10. The van der Waals surface area contributed by atoms with Crippen LogP contribution < -0.4 is 10.6 Å². The van der Waals surface area contributed by atoms with Crippen LogP contribution in [0.5, 0.6) is 11.5 Å². The normalized spacial score (nSPS) is 12.2. The van der Waals surface area contributed by atoms with Crippen LogP contribution in [0, 0.1) is 0 Å². The summed E-state index contributed by atoms with van der Waals surface area (Å²) in [4.78, 5) is 48.4. The fourth-order valence-corrected chi connectivity index (χ4v) is 3.39. The van der Waals surface area contributed by atoms with E-state index in [0.717, 1.165) is 0 Å². The van der Waals surface area contributed by atoms with E-state index in [-0.39, 0.29) is 35.5 Å². The number of carboxylic acid groups (broad SMARTS) is 2. The highest BCUT2D eigenvalue weighted by Gasteiger charge is 2.23. The summed E-state index contributed by atoms with van der Waals surface area (Å²) in [6, 6.07) is 14.8. The quantitative estimate of drug-likeness (QED) is 0.249. The molecule has 3 rings (SSSR count). The second-order valence-corrected chi connectivity index (χ2v) is 8.05. The molecular formula is C26H24N2O8. The van der Waals surface area contributed by atoms with Crippen molar-refractivity contribution in [1.29, 1.82) is 0 Å². The van der Waals surface area contributed by atoms with Crippen LogP contribution in [0.1, 0.15) is 31.8 Å². The van der Waals surface area contributed by atoms with Gasteiger partial charge in [-0.2, -0.15) is 0 Å². The third-order valence-electron chi connectivity index (χ3n) is 5.37. The Labute approximate surface area is 205 Å². The number of phenolic OH excluding ortho intramolecular Hbond substituents is 2. The summed E-state index contributed by atoms with van der Waals surface area (Å²) >= 11 is 0. The van der Waals surface area contributed by atoms with Crippen molar-refractivity contribution in [3.63, 3.8) is 0 Å². The summed E-state index contributed by atoms with van der Waals surface area (Å²) in [6.07, 6.45) is -0.00109. The molecule has 0 heterocycles. The second kappa shape index (κ2) is 11.5. The van der Waals surface area contributed by atoms with Gasteiger partial charge in [0.25, 0.3) is 11.8 Å². The molecule has 0 unspecified atom stereocenters. The molecule has 10 heteroatoms. The lowest BCUT2D eigenvalue weighted by atomic mass is 10.0. The average Bonchev–Trinajstić information content (AvgIpc) is 2.85. The van der Waals surface area contributed by atoms with Crippen molar-refractivity contribution < 1.29 is 39.6 Å². The third kappa shape index (κ3) is 7.07. The number of hydrogen-bond donors (Lipinski definition) is 6. The number of carbonyl (C=O) groups is 4. The highest BCUT2D eigenvalue weighted by Crippen LogP contribution is 2.14. The van der Waals surface area contributed by atoms with Crippen LogP contribution in [0.2, 0.25) is 0 Å². The number of hydrogen-bond acceptors (Lipinski definition) is 6. The summed E-state index contributed by atoms with van der Waals surface area (Å²) < 4.78 is 0. The number of carboxylic acids is 2. The molecule has 186 valence electrons. The molecule has 0 spiro atoms. The molecule has 0 aliphatic carbocycles. The lowest BCUT2D eigenvalue weighted by Gasteiger charge is -2.16. The van der Waals surface area contributed by atoms with Crippen LogP contribution in [-0.4, -0.2) is 56.3 Å². The van der Waals surface area contributed by atoms with Gasteiger partial charge in [-0.3, -0.25) is 9.59 Å². The van der Waals surface area contributed by atoms with E-state index in [1.54, 1.807) is 24.3 Å². The summed E-state index contributed by atoms with van der Waals surface area (Å²) in [5, 5.41) is 42.5. The Morgan fingerprint density at radius 1 is 0.556 bits per heavy atom. The maximum Gasteiger partial charge on any atom is 0.326 e. The van der Waals surface area contributed by atoms with Crippen LogP contribution in [0.15, 0.2) is 72.8 Å². The first-order valence-electron chi connectivity index (χ1n) is 10.9. The molecule has 0 fully saturated rings. The molecule has 2 atom stereocenters. The predicted octanol–water partition coefficient (Wildman–Crippen LogP) is 1.95. The van der Waals surface area contributed by atoms with E-state index in [9.17, 15) is 39.6 Å². The van der Waals surface area contributed by atoms with Crippen LogP contribution in [0.3, 0.4) is 0 Å². The van der Waals surface area contributed by atoms with Crippen LogP contribution in [0.4, 0.5) is 0 Å². The number of nitrogens with one attached hydrogen (secondary N) is 2. The molecule has 3 aromatic carbocycles. The van der Waals surface area contributed by atoms with Gasteiger partial charge in [0, 0.05) is 24.0 Å². The number of aromatic hydroxyl groups is 2. The largest absolute Gasteiger partial charge is 0.508 e. The van der Waals surface area contributed by atoms with Crippen molar-refractivity contribution in [1.82, 2.24) is 10.6 Å². The van der Waals surface area contributed by atoms with Crippen LogP contribution >= 0.6 is 0 Å². The minimum atomic E-state index is -1.24. The topological polar surface area (TPSA) is 173 Å². The van der Waals surface area contributed by atoms with Gasteiger partial charge in [-0.1, -0.05) is 24.3 Å². The number of carbonyl (C=O) groups excluding carboxylic acids is 2. The monoisotopic (exact) mass is 492 g/mol. The zero-order valence-corrected chi connectivity index (χ0v) is 18.9. The van der Waals surface area contributed by atoms with Crippen molar-refractivity contribution in [3.05, 3.63) is 95.1 Å². The van der Waals surface area contributed by atoms with Crippen molar-refractivity contribution in [2.45, 2.75) is 24.9 Å². The van der Waals surface area contributed by atoms with E-state index in [1.807, 2.05) is 0 Å². The summed E-state index contributed by atoms with van der Waals surface area (Å²) in [6.45, 7) is 0. The molecule has 10 nitrogen and oxygen atoms in total. The maximum absolute atomic E-state index is 12.6. The Balaban J connectivity index is 1.63. The van der Waals surface area contributed by atoms with E-state index in [0.29, 0.717) is 11.1 Å². The van der Waals surface area contributed by atoms with Gasteiger partial charge < -0.3 is 31.1 Å². The fourth-order valence-electron chi connectivity index (χ4n) is 3.39. The molecule has 3 aromatic rings. The number of benzene rings is 3. The molecule has 0 radical (unpaired) electrons. The summed E-state index contributed by atoms with van der Waals surface area (Å²) in [7, 11) is 0. The Morgan fingerprint density at radius 3 is 1.14 bits per heavy atom. The molecule has 0 saturated carbocycles. The van der Waals surface area contributed by atoms with Crippen molar-refractivity contribution >= 4 is 23.8 Å². The first-order valence-corrected chi connectivity index (χ1v) is 10.9. The van der Waals surface area contributed by atoms with E-state index in [4.69, 9.17) is 0 Å². The van der Waals surface area contributed by atoms with E-state index in [2.05, 4.69) is 10.6 Å². The van der Waals surface area contributed by atoms with Crippen molar-refractivity contribution in [3.8, 4) is 11.5 Å². The SMILES string of the molecule is O=C(N[C@@H](Cc1ccc(O)cc1)C(=O)O)c1ccc(C(=O)N[C@H](Cc2ccc(O)cc2)C(=O)O)cc1. The molecule has 2 amide bonds. The Hall–Kier alpha value is -4.86. The highest BCUT2D eigenvalue weighted by atomic mass is 16.4. The molecule has 0 aromatic heterocycles. The smallest absolute Gasteiger partial charge is 0.326 e. The number of amides is 2. The third-order valence-corrected chi connectivity index (χ3v) is 5.37. The zero-order chi connectivity index (χ0) is 26.2. The minimum absolute atomic E-state index is 0.000545. The average molecular weight is 492 g/mol. The summed E-state index contributed by atoms with van der Waals surface area (Å²) in [5.41, 5.74) is 1.44. The van der Waals surface area contributed by atoms with Gasteiger partial charge in [-0.15, -0.1) is 0 Å². The van der Waals surface area contributed by atoms with E-state index in [1.165, 1.54) is 48.5 Å². The molecule has 0 bridgehead atoms. The van der Waals surface area contributed by atoms with Crippen LogP contribution in [-0.2, 0) is 22.4 Å². The van der Waals surface area contributed by atoms with Crippen molar-refractivity contribution in [2.24, 2.45) is 0 Å². The predicted molar refractivity (Wildman–Crippen MR) is 128 cm³/mol. The Morgan fingerprint density at radius 2 is 0.861 bits per heavy atom. The first-order chi connectivity index (χ1) is 17.1. The first kappa shape index (κ1) is 25.8. The van der Waals surface area contributed by atoms with Gasteiger partial charge in [0.2, 0.25) is 0 Å². The molecule has 6 N–H and O–H groups in total. The minimum Gasteiger partial charge on any atom is -0.508 e. The molecule has 0 saturated heterocycles. The fraction of sp³-hybridized carbons (Fsp3) is 0.154. The zero-order valence-electron chi connectivity index (χ0n) is 18.9. The number of phenols is 2. The molecular weight excluding hydrogens is 468 g/mol. The molecule has 0 aliphatic heterocycles. The second-order valence-electron chi connectivity index (χ2n) is 8.05. The van der Waals surface area contributed by atoms with Crippen molar-refractivity contribution in [2.75, 3.05) is 0 Å². The highest BCUT2D eigenvalue weighted by molar-refractivity contribution is 6.00. The molecule has 36 heavy (non-hydrogen) atoms. The Kier molecular flexibility index (Phi) is 8.24. The van der Waals surface area contributed by atoms with Gasteiger partial charge in [0.15, 0.2) is 0 Å². The molecule has 0 aliphatic rings. The maximum atomic E-state index is 12.6. The van der Waals surface area contributed by atoms with Gasteiger partial charge in [-0.05, 0) is 59.7 Å². The van der Waals surface area contributed by atoms with E-state index >= 15 is 0 Å². The van der Waals surface area contributed by atoms with Gasteiger partial charge in [0.1, 0.15) is 23.6 Å². The summed E-state index contributed by atoms with van der Waals surface area (Å²) in [5.74, 6) is -3.73. The van der Waals surface area contributed by atoms with Gasteiger partial charge >= 0.3 is 11.9 Å².